The molecule has 0 radical (unpaired) electrons. The third kappa shape index (κ3) is 3.29. The zero-order chi connectivity index (χ0) is 13.0. The molecule has 1 aromatic heterocycles. The molecule has 0 aliphatic carbocycles. The zero-order valence-corrected chi connectivity index (χ0v) is 10.9. The van der Waals surface area contributed by atoms with Gasteiger partial charge in [-0.2, -0.15) is 5.10 Å². The molecule has 0 N–H and O–H groups in total. The molecule has 0 fully saturated rings. The second kappa shape index (κ2) is 5.63. The maximum Gasteiger partial charge on any atom is 0.137 e. The zero-order valence-electron chi connectivity index (χ0n) is 10.9. The number of carbonyl (C=O) groups is 1. The van der Waals surface area contributed by atoms with Crippen molar-refractivity contribution in [1.29, 1.82) is 0 Å². The number of aryl methyl sites for hydroxylation is 3. The Balaban J connectivity index is 1.88. The lowest BCUT2D eigenvalue weighted by Crippen LogP contribution is -2.06. The van der Waals surface area contributed by atoms with Crippen LogP contribution in [0.2, 0.25) is 0 Å². The van der Waals surface area contributed by atoms with Gasteiger partial charge in [-0.3, -0.25) is 9.48 Å². The first kappa shape index (κ1) is 12.6. The number of nitrogens with zero attached hydrogens (tertiary/aromatic N) is 2. The molecule has 1 heterocycles. The standard InChI is InChI=1S/C15H18N2O/c1-12-4-3-5-13(10-12)11-15(18)7-6-14-8-9-16-17(14)2/h3-5,8-10H,6-7,11H2,1-2H3. The molecule has 2 rings (SSSR count). The lowest BCUT2D eigenvalue weighted by Gasteiger charge is -2.03. The Hall–Kier alpha value is -1.90. The maximum absolute atomic E-state index is 11.9. The van der Waals surface area contributed by atoms with Gasteiger partial charge in [0.15, 0.2) is 0 Å². The molecule has 18 heavy (non-hydrogen) atoms. The van der Waals surface area contributed by atoms with Crippen LogP contribution < -0.4 is 0 Å². The minimum Gasteiger partial charge on any atom is -0.299 e. The third-order valence-electron chi connectivity index (χ3n) is 3.07. The number of ketones is 1. The van der Waals surface area contributed by atoms with Gasteiger partial charge in [0.1, 0.15) is 5.78 Å². The van der Waals surface area contributed by atoms with Crippen LogP contribution in [0.4, 0.5) is 0 Å². The minimum atomic E-state index is 0.279. The Morgan fingerprint density at radius 2 is 2.17 bits per heavy atom. The third-order valence-corrected chi connectivity index (χ3v) is 3.07. The van der Waals surface area contributed by atoms with Gasteiger partial charge in [-0.05, 0) is 25.0 Å². The highest BCUT2D eigenvalue weighted by molar-refractivity contribution is 5.81. The summed E-state index contributed by atoms with van der Waals surface area (Å²) < 4.78 is 1.82. The quantitative estimate of drug-likeness (QED) is 0.807. The Morgan fingerprint density at radius 3 is 2.83 bits per heavy atom. The van der Waals surface area contributed by atoms with Crippen LogP contribution in [-0.2, 0) is 24.7 Å². The molecule has 0 unspecified atom stereocenters. The number of carbonyl (C=O) groups excluding carboxylic acids is 1. The molecule has 0 aliphatic rings. The molecule has 3 heteroatoms. The summed E-state index contributed by atoms with van der Waals surface area (Å²) in [6.07, 6.45) is 3.63. The number of Topliss-reactive ketones (excluding diaryl/α,β-unsaturated/α-hetero) is 1. The van der Waals surface area contributed by atoms with E-state index >= 15 is 0 Å². The average Bonchev–Trinajstić information content (AvgIpc) is 2.72. The van der Waals surface area contributed by atoms with Gasteiger partial charge in [-0.1, -0.05) is 29.8 Å². The van der Waals surface area contributed by atoms with E-state index in [1.54, 1.807) is 6.20 Å². The molecule has 0 saturated carbocycles. The number of benzene rings is 1. The minimum absolute atomic E-state index is 0.279. The topological polar surface area (TPSA) is 34.9 Å². The predicted octanol–water partition coefficient (Wildman–Crippen LogP) is 2.47. The summed E-state index contributed by atoms with van der Waals surface area (Å²) in [4.78, 5) is 11.9. The van der Waals surface area contributed by atoms with E-state index in [1.165, 1.54) is 5.56 Å². The SMILES string of the molecule is Cc1cccc(CC(=O)CCc2ccnn2C)c1. The van der Waals surface area contributed by atoms with E-state index < -0.39 is 0 Å². The van der Waals surface area contributed by atoms with Crippen molar-refractivity contribution in [2.24, 2.45) is 7.05 Å². The van der Waals surface area contributed by atoms with Gasteiger partial charge < -0.3 is 0 Å². The highest BCUT2D eigenvalue weighted by Crippen LogP contribution is 2.08. The molecule has 3 nitrogen and oxygen atoms in total. The first-order valence-corrected chi connectivity index (χ1v) is 6.19. The van der Waals surface area contributed by atoms with Crippen molar-refractivity contribution in [3.63, 3.8) is 0 Å². The van der Waals surface area contributed by atoms with Crippen molar-refractivity contribution in [2.75, 3.05) is 0 Å². The van der Waals surface area contributed by atoms with Crippen LogP contribution in [0.25, 0.3) is 0 Å². The molecule has 2 aromatic rings. The van der Waals surface area contributed by atoms with Crippen molar-refractivity contribution in [1.82, 2.24) is 9.78 Å². The van der Waals surface area contributed by atoms with Crippen LogP contribution in [0.1, 0.15) is 23.2 Å². The van der Waals surface area contributed by atoms with Gasteiger partial charge >= 0.3 is 0 Å². The maximum atomic E-state index is 11.9. The Labute approximate surface area is 107 Å². The smallest absolute Gasteiger partial charge is 0.137 e. The predicted molar refractivity (Wildman–Crippen MR) is 71.4 cm³/mol. The van der Waals surface area contributed by atoms with Crippen LogP contribution in [0.15, 0.2) is 36.5 Å². The Morgan fingerprint density at radius 1 is 1.33 bits per heavy atom. The van der Waals surface area contributed by atoms with E-state index in [0.29, 0.717) is 12.8 Å². The van der Waals surface area contributed by atoms with E-state index in [0.717, 1.165) is 17.7 Å². The number of rotatable bonds is 5. The lowest BCUT2D eigenvalue weighted by atomic mass is 10.0. The van der Waals surface area contributed by atoms with E-state index in [1.807, 2.05) is 42.9 Å². The van der Waals surface area contributed by atoms with E-state index in [2.05, 4.69) is 11.2 Å². The van der Waals surface area contributed by atoms with E-state index in [9.17, 15) is 4.79 Å². The van der Waals surface area contributed by atoms with Gasteiger partial charge in [0.2, 0.25) is 0 Å². The monoisotopic (exact) mass is 242 g/mol. The van der Waals surface area contributed by atoms with Gasteiger partial charge in [0.25, 0.3) is 0 Å². The molecule has 0 amide bonds. The number of hydrogen-bond acceptors (Lipinski definition) is 2. The first-order valence-electron chi connectivity index (χ1n) is 6.19. The van der Waals surface area contributed by atoms with Gasteiger partial charge in [-0.15, -0.1) is 0 Å². The molecule has 0 aliphatic heterocycles. The van der Waals surface area contributed by atoms with Crippen molar-refractivity contribution < 1.29 is 4.79 Å². The van der Waals surface area contributed by atoms with E-state index in [-0.39, 0.29) is 5.78 Å². The lowest BCUT2D eigenvalue weighted by molar-refractivity contribution is -0.118. The van der Waals surface area contributed by atoms with Crippen LogP contribution in [-0.4, -0.2) is 15.6 Å². The normalized spacial score (nSPS) is 10.6. The van der Waals surface area contributed by atoms with Gasteiger partial charge in [0, 0.05) is 31.8 Å². The number of hydrogen-bond donors (Lipinski definition) is 0. The Kier molecular flexibility index (Phi) is 3.92. The summed E-state index contributed by atoms with van der Waals surface area (Å²) in [6.45, 7) is 2.05. The molecule has 94 valence electrons. The molecule has 0 saturated heterocycles. The van der Waals surface area contributed by atoms with Crippen molar-refractivity contribution in [2.45, 2.75) is 26.2 Å². The van der Waals surface area contributed by atoms with Crippen molar-refractivity contribution >= 4 is 5.78 Å². The van der Waals surface area contributed by atoms with Crippen molar-refractivity contribution in [3.05, 3.63) is 53.3 Å². The molecule has 0 atom stereocenters. The van der Waals surface area contributed by atoms with Crippen LogP contribution in [0.5, 0.6) is 0 Å². The van der Waals surface area contributed by atoms with Crippen molar-refractivity contribution in [3.8, 4) is 0 Å². The highest BCUT2D eigenvalue weighted by Gasteiger charge is 2.06. The fraction of sp³-hybridized carbons (Fsp3) is 0.333. The molecule has 0 spiro atoms. The van der Waals surface area contributed by atoms with Crippen LogP contribution in [0, 0.1) is 6.92 Å². The summed E-state index contributed by atoms with van der Waals surface area (Å²) in [5, 5.41) is 4.10. The second-order valence-electron chi connectivity index (χ2n) is 4.65. The molecule has 0 bridgehead atoms. The van der Waals surface area contributed by atoms with Crippen LogP contribution in [0.3, 0.4) is 0 Å². The highest BCUT2D eigenvalue weighted by atomic mass is 16.1. The second-order valence-corrected chi connectivity index (χ2v) is 4.65. The molecular formula is C15H18N2O. The Bertz CT molecular complexity index is 543. The summed E-state index contributed by atoms with van der Waals surface area (Å²) in [5.41, 5.74) is 3.41. The molecule has 1 aromatic carbocycles. The largest absolute Gasteiger partial charge is 0.299 e. The summed E-state index contributed by atoms with van der Waals surface area (Å²) in [7, 11) is 1.90. The van der Waals surface area contributed by atoms with Crippen LogP contribution >= 0.6 is 0 Å². The van der Waals surface area contributed by atoms with Gasteiger partial charge in [-0.25, -0.2) is 0 Å². The number of aromatic nitrogens is 2. The fourth-order valence-electron chi connectivity index (χ4n) is 2.05. The summed E-state index contributed by atoms with van der Waals surface area (Å²) >= 11 is 0. The van der Waals surface area contributed by atoms with E-state index in [4.69, 9.17) is 0 Å². The molecular weight excluding hydrogens is 224 g/mol. The fourth-order valence-corrected chi connectivity index (χ4v) is 2.05. The average molecular weight is 242 g/mol. The van der Waals surface area contributed by atoms with Gasteiger partial charge in [0.05, 0.1) is 0 Å². The summed E-state index contributed by atoms with van der Waals surface area (Å²) in [6, 6.07) is 10.1. The summed E-state index contributed by atoms with van der Waals surface area (Å²) in [5.74, 6) is 0.279. The first-order chi connectivity index (χ1) is 8.65.